The zero-order chi connectivity index (χ0) is 14.1. The number of rotatable bonds is 8. The van der Waals surface area contributed by atoms with E-state index < -0.39 is 0 Å². The summed E-state index contributed by atoms with van der Waals surface area (Å²) in [6, 6.07) is 5.40. The molecule has 1 aromatic rings. The van der Waals surface area contributed by atoms with E-state index in [2.05, 4.69) is 11.9 Å². The summed E-state index contributed by atoms with van der Waals surface area (Å²) in [5.41, 5.74) is 7.02. The molecule has 0 amide bonds. The minimum absolute atomic E-state index is 0. The second kappa shape index (κ2) is 13.7. The Balaban J connectivity index is 0. The van der Waals surface area contributed by atoms with Crippen molar-refractivity contribution in [3.05, 3.63) is 33.8 Å². The van der Waals surface area contributed by atoms with Gasteiger partial charge in [0, 0.05) is 28.8 Å². The monoisotopic (exact) mass is 372 g/mol. The number of unbranched alkanes of at least 4 members (excludes halogenated alkanes) is 3. The Morgan fingerprint density at radius 1 is 1.19 bits per heavy atom. The molecular weight excluding hydrogens is 350 g/mol. The molecule has 1 unspecified atom stereocenters. The molecule has 0 saturated carbocycles. The van der Waals surface area contributed by atoms with Crippen molar-refractivity contribution in [1.29, 1.82) is 0 Å². The van der Waals surface area contributed by atoms with Crippen LogP contribution in [0, 0.1) is 0 Å². The predicted molar refractivity (Wildman–Crippen MR) is 100 cm³/mol. The first kappa shape index (κ1) is 23.3. The van der Waals surface area contributed by atoms with E-state index in [4.69, 9.17) is 28.9 Å². The fourth-order valence-corrected chi connectivity index (χ4v) is 2.32. The largest absolute Gasteiger partial charge is 0.323 e. The number of hydrogen-bond donors (Lipinski definition) is 1. The molecule has 1 rings (SSSR count). The van der Waals surface area contributed by atoms with Crippen LogP contribution in [-0.4, -0.2) is 18.8 Å². The van der Waals surface area contributed by atoms with Gasteiger partial charge >= 0.3 is 0 Å². The summed E-state index contributed by atoms with van der Waals surface area (Å²) in [6.07, 6.45) is 7.43. The van der Waals surface area contributed by atoms with Crippen LogP contribution in [0.1, 0.15) is 38.2 Å². The van der Waals surface area contributed by atoms with E-state index in [1.54, 1.807) is 6.07 Å². The van der Waals surface area contributed by atoms with Gasteiger partial charge in [-0.05, 0) is 30.5 Å². The molecule has 0 aliphatic heterocycles. The van der Waals surface area contributed by atoms with Gasteiger partial charge < -0.3 is 5.73 Å². The lowest BCUT2D eigenvalue weighted by Crippen LogP contribution is -2.24. The second-order valence-electron chi connectivity index (χ2n) is 4.72. The van der Waals surface area contributed by atoms with E-state index >= 15 is 0 Å². The molecule has 2 N–H and O–H groups in total. The van der Waals surface area contributed by atoms with Gasteiger partial charge in [-0.15, -0.1) is 24.8 Å². The summed E-state index contributed by atoms with van der Waals surface area (Å²) in [6.45, 7) is 3.07. The highest BCUT2D eigenvalue weighted by atomic mass is 35.5. The van der Waals surface area contributed by atoms with E-state index in [1.807, 2.05) is 18.3 Å². The van der Waals surface area contributed by atoms with Gasteiger partial charge in [-0.2, -0.15) is 0 Å². The molecule has 0 aromatic heterocycles. The highest BCUT2D eigenvalue weighted by molar-refractivity contribution is 6.35. The van der Waals surface area contributed by atoms with Crippen molar-refractivity contribution in [2.24, 2.45) is 10.7 Å². The molecule has 0 radical (unpaired) electrons. The molecule has 2 nitrogen and oxygen atoms in total. The van der Waals surface area contributed by atoms with Crippen LogP contribution in [0.15, 0.2) is 23.2 Å². The summed E-state index contributed by atoms with van der Waals surface area (Å²) < 4.78 is 0. The Kier molecular flexibility index (Phi) is 15.1. The fourth-order valence-electron chi connectivity index (χ4n) is 1.83. The lowest BCUT2D eigenvalue weighted by molar-refractivity contribution is 0.674. The van der Waals surface area contributed by atoms with Gasteiger partial charge in [0.15, 0.2) is 0 Å². The van der Waals surface area contributed by atoms with Gasteiger partial charge in [0.1, 0.15) is 0 Å². The van der Waals surface area contributed by atoms with Crippen molar-refractivity contribution in [3.63, 3.8) is 0 Å². The zero-order valence-corrected chi connectivity index (χ0v) is 15.4. The molecule has 6 heteroatoms. The first-order valence-corrected chi connectivity index (χ1v) is 7.58. The number of halogens is 4. The molecular formula is C15H24Cl4N2. The Hall–Kier alpha value is 0.01000. The number of nitrogens with two attached hydrogens (primary N) is 1. The zero-order valence-electron chi connectivity index (χ0n) is 12.2. The molecule has 0 aliphatic rings. The van der Waals surface area contributed by atoms with Crippen LogP contribution in [0.2, 0.25) is 10.0 Å². The van der Waals surface area contributed by atoms with Crippen LogP contribution in [-0.2, 0) is 6.42 Å². The molecule has 0 saturated heterocycles. The van der Waals surface area contributed by atoms with Crippen LogP contribution in [0.3, 0.4) is 0 Å². The van der Waals surface area contributed by atoms with Crippen molar-refractivity contribution in [1.82, 2.24) is 0 Å². The van der Waals surface area contributed by atoms with Crippen LogP contribution in [0.4, 0.5) is 0 Å². The SMILES string of the molecule is CCCCCCN=CC(N)Cc1ccc(Cl)cc1Cl.Cl.Cl. The molecule has 0 fully saturated rings. The minimum atomic E-state index is -0.0927. The second-order valence-corrected chi connectivity index (χ2v) is 5.56. The highest BCUT2D eigenvalue weighted by Gasteiger charge is 2.05. The maximum absolute atomic E-state index is 6.11. The average Bonchev–Trinajstić information content (AvgIpc) is 2.37. The highest BCUT2D eigenvalue weighted by Crippen LogP contribution is 2.21. The maximum atomic E-state index is 6.11. The number of nitrogens with zero attached hydrogens (tertiary/aromatic N) is 1. The molecule has 0 heterocycles. The van der Waals surface area contributed by atoms with Gasteiger partial charge in [0.25, 0.3) is 0 Å². The molecule has 0 spiro atoms. The Labute approximate surface area is 150 Å². The van der Waals surface area contributed by atoms with Gasteiger partial charge in [-0.3, -0.25) is 4.99 Å². The summed E-state index contributed by atoms with van der Waals surface area (Å²) in [4.78, 5) is 4.37. The van der Waals surface area contributed by atoms with Crippen LogP contribution < -0.4 is 5.73 Å². The third kappa shape index (κ3) is 10.4. The van der Waals surface area contributed by atoms with Crippen molar-refractivity contribution in [2.45, 2.75) is 45.1 Å². The summed E-state index contributed by atoms with van der Waals surface area (Å²) in [5, 5.41) is 1.31. The first-order chi connectivity index (χ1) is 9.13. The van der Waals surface area contributed by atoms with Crippen LogP contribution in [0.5, 0.6) is 0 Å². The Bertz CT molecular complexity index is 411. The quantitative estimate of drug-likeness (QED) is 0.483. The Morgan fingerprint density at radius 2 is 1.90 bits per heavy atom. The molecule has 0 aliphatic carbocycles. The molecule has 21 heavy (non-hydrogen) atoms. The van der Waals surface area contributed by atoms with E-state index in [0.29, 0.717) is 16.5 Å². The molecule has 122 valence electrons. The summed E-state index contributed by atoms with van der Waals surface area (Å²) in [7, 11) is 0. The van der Waals surface area contributed by atoms with E-state index in [1.165, 1.54) is 19.3 Å². The van der Waals surface area contributed by atoms with Crippen molar-refractivity contribution >= 4 is 54.2 Å². The lowest BCUT2D eigenvalue weighted by atomic mass is 10.1. The van der Waals surface area contributed by atoms with Crippen LogP contribution >= 0.6 is 48.0 Å². The van der Waals surface area contributed by atoms with Gasteiger partial charge in [0.2, 0.25) is 0 Å². The van der Waals surface area contributed by atoms with E-state index in [9.17, 15) is 0 Å². The standard InChI is InChI=1S/C15H22Cl2N2.2ClH/c1-2-3-4-5-8-19-11-14(18)9-12-6-7-13(16)10-15(12)17;;/h6-7,10-11,14H,2-5,8-9,18H2,1H3;2*1H. The third-order valence-electron chi connectivity index (χ3n) is 2.91. The normalized spacial score (nSPS) is 11.8. The maximum Gasteiger partial charge on any atom is 0.0453 e. The molecule has 0 bridgehead atoms. The number of hydrogen-bond acceptors (Lipinski definition) is 2. The first-order valence-electron chi connectivity index (χ1n) is 6.83. The third-order valence-corrected chi connectivity index (χ3v) is 3.50. The van der Waals surface area contributed by atoms with Gasteiger partial charge in [-0.1, -0.05) is 55.5 Å². The van der Waals surface area contributed by atoms with Crippen molar-refractivity contribution in [2.75, 3.05) is 6.54 Å². The summed E-state index contributed by atoms with van der Waals surface area (Å²) in [5.74, 6) is 0. The number of benzene rings is 1. The van der Waals surface area contributed by atoms with Gasteiger partial charge in [0.05, 0.1) is 0 Å². The molecule has 1 aromatic carbocycles. The van der Waals surface area contributed by atoms with Crippen molar-refractivity contribution in [3.8, 4) is 0 Å². The summed E-state index contributed by atoms with van der Waals surface area (Å²) >= 11 is 12.0. The Morgan fingerprint density at radius 3 is 2.52 bits per heavy atom. The van der Waals surface area contributed by atoms with E-state index in [-0.39, 0.29) is 30.9 Å². The predicted octanol–water partition coefficient (Wildman–Crippen LogP) is 5.36. The van der Waals surface area contributed by atoms with Crippen molar-refractivity contribution < 1.29 is 0 Å². The van der Waals surface area contributed by atoms with Crippen LogP contribution in [0.25, 0.3) is 0 Å². The topological polar surface area (TPSA) is 38.4 Å². The fraction of sp³-hybridized carbons (Fsp3) is 0.533. The minimum Gasteiger partial charge on any atom is -0.323 e. The number of aliphatic imine (C=N–C) groups is 1. The lowest BCUT2D eigenvalue weighted by Gasteiger charge is -2.08. The smallest absolute Gasteiger partial charge is 0.0453 e. The van der Waals surface area contributed by atoms with Gasteiger partial charge in [-0.25, -0.2) is 0 Å². The average molecular weight is 374 g/mol. The molecule has 1 atom stereocenters. The van der Waals surface area contributed by atoms with E-state index in [0.717, 1.165) is 18.5 Å².